The Balaban J connectivity index is 1.90. The first kappa shape index (κ1) is 13.1. The van der Waals surface area contributed by atoms with E-state index in [2.05, 4.69) is 20.3 Å². The first-order valence-corrected chi connectivity index (χ1v) is 6.98. The highest BCUT2D eigenvalue weighted by molar-refractivity contribution is 6.04. The third-order valence-electron chi connectivity index (χ3n) is 3.69. The molecule has 1 aliphatic rings. The predicted molar refractivity (Wildman–Crippen MR) is 74.5 cm³/mol. The molecule has 106 valence electrons. The number of carbonyl (C=O) groups is 1. The molecule has 0 saturated heterocycles. The Bertz CT molecular complexity index is 629. The molecule has 1 unspecified atom stereocenters. The van der Waals surface area contributed by atoms with Gasteiger partial charge in [0.25, 0.3) is 5.91 Å². The third kappa shape index (κ3) is 2.38. The van der Waals surface area contributed by atoms with Crippen molar-refractivity contribution in [3.63, 3.8) is 0 Å². The fourth-order valence-electron chi connectivity index (χ4n) is 2.19. The monoisotopic (exact) mass is 274 g/mol. The predicted octanol–water partition coefficient (Wildman–Crippen LogP) is 1.34. The largest absolute Gasteiger partial charge is 0.394 e. The van der Waals surface area contributed by atoms with E-state index in [0.29, 0.717) is 29.1 Å². The zero-order valence-corrected chi connectivity index (χ0v) is 11.4. The first-order valence-electron chi connectivity index (χ1n) is 6.98. The molecule has 1 saturated carbocycles. The summed E-state index contributed by atoms with van der Waals surface area (Å²) in [5, 5.41) is 12.0. The van der Waals surface area contributed by atoms with Crippen LogP contribution >= 0.6 is 0 Å². The van der Waals surface area contributed by atoms with E-state index in [1.54, 1.807) is 12.4 Å². The summed E-state index contributed by atoms with van der Waals surface area (Å²) < 4.78 is 0. The Morgan fingerprint density at radius 3 is 3.05 bits per heavy atom. The molecule has 0 bridgehead atoms. The van der Waals surface area contributed by atoms with Crippen LogP contribution in [0.2, 0.25) is 0 Å². The summed E-state index contributed by atoms with van der Waals surface area (Å²) in [6, 6.07) is -0.230. The average Bonchev–Trinajstić information content (AvgIpc) is 3.23. The van der Waals surface area contributed by atoms with Gasteiger partial charge in [-0.1, -0.05) is 6.92 Å². The molecule has 1 aliphatic carbocycles. The van der Waals surface area contributed by atoms with Crippen molar-refractivity contribution in [1.82, 2.24) is 20.3 Å². The van der Waals surface area contributed by atoms with Crippen molar-refractivity contribution < 1.29 is 9.90 Å². The second-order valence-corrected chi connectivity index (χ2v) is 5.23. The number of carbonyl (C=O) groups excluding carboxylic acids is 1. The lowest BCUT2D eigenvalue weighted by molar-refractivity contribution is 0.0916. The van der Waals surface area contributed by atoms with Crippen molar-refractivity contribution in [3.05, 3.63) is 23.7 Å². The molecule has 2 heterocycles. The molecule has 0 radical (unpaired) electrons. The Labute approximate surface area is 116 Å². The van der Waals surface area contributed by atoms with Crippen molar-refractivity contribution in [1.29, 1.82) is 0 Å². The molecule has 1 amide bonds. The number of aliphatic hydroxyl groups excluding tert-OH is 1. The fourth-order valence-corrected chi connectivity index (χ4v) is 2.19. The number of hydrogen-bond acceptors (Lipinski definition) is 4. The SMILES string of the molecule is CCC(CO)NC(=O)c1c[nH]c2ncc(C3CC3)nc12. The molecule has 6 heteroatoms. The van der Waals surface area contributed by atoms with Crippen molar-refractivity contribution >= 4 is 17.1 Å². The highest BCUT2D eigenvalue weighted by Crippen LogP contribution is 2.39. The van der Waals surface area contributed by atoms with Crippen LogP contribution in [-0.2, 0) is 0 Å². The van der Waals surface area contributed by atoms with Crippen LogP contribution in [0.15, 0.2) is 12.4 Å². The molecule has 1 atom stereocenters. The second-order valence-electron chi connectivity index (χ2n) is 5.23. The van der Waals surface area contributed by atoms with E-state index < -0.39 is 0 Å². The maximum Gasteiger partial charge on any atom is 0.255 e. The molecular formula is C14H18N4O2. The van der Waals surface area contributed by atoms with E-state index in [1.165, 1.54) is 0 Å². The molecule has 3 N–H and O–H groups in total. The number of aromatic nitrogens is 3. The summed E-state index contributed by atoms with van der Waals surface area (Å²) in [6.07, 6.45) is 6.38. The van der Waals surface area contributed by atoms with Gasteiger partial charge in [-0.05, 0) is 19.3 Å². The van der Waals surface area contributed by atoms with E-state index in [1.807, 2.05) is 6.92 Å². The number of nitrogens with zero attached hydrogens (tertiary/aromatic N) is 2. The van der Waals surface area contributed by atoms with Crippen LogP contribution in [0.1, 0.15) is 48.2 Å². The number of H-pyrrole nitrogens is 1. The molecular weight excluding hydrogens is 256 g/mol. The Morgan fingerprint density at radius 1 is 1.60 bits per heavy atom. The minimum Gasteiger partial charge on any atom is -0.394 e. The van der Waals surface area contributed by atoms with E-state index in [-0.39, 0.29) is 18.6 Å². The molecule has 3 rings (SSSR count). The molecule has 6 nitrogen and oxygen atoms in total. The van der Waals surface area contributed by atoms with Crippen LogP contribution in [0.3, 0.4) is 0 Å². The molecule has 2 aromatic rings. The summed E-state index contributed by atoms with van der Waals surface area (Å²) >= 11 is 0. The summed E-state index contributed by atoms with van der Waals surface area (Å²) in [7, 11) is 0. The number of aliphatic hydroxyl groups is 1. The van der Waals surface area contributed by atoms with Crippen LogP contribution in [0.5, 0.6) is 0 Å². The van der Waals surface area contributed by atoms with Gasteiger partial charge in [-0.2, -0.15) is 0 Å². The van der Waals surface area contributed by atoms with Gasteiger partial charge in [-0.3, -0.25) is 4.79 Å². The van der Waals surface area contributed by atoms with Crippen molar-refractivity contribution in [2.24, 2.45) is 0 Å². The standard InChI is InChI=1S/C14H18N4O2/c1-2-9(7-19)17-14(20)10-5-15-13-12(10)18-11(6-16-13)8-3-4-8/h5-6,8-9,19H,2-4,7H2,1H3,(H,15,16)(H,17,20). The minimum atomic E-state index is -0.230. The van der Waals surface area contributed by atoms with Crippen LogP contribution in [0.4, 0.5) is 0 Å². The van der Waals surface area contributed by atoms with Gasteiger partial charge in [0.1, 0.15) is 5.52 Å². The minimum absolute atomic E-state index is 0.0659. The fraction of sp³-hybridized carbons (Fsp3) is 0.500. The molecule has 0 spiro atoms. The van der Waals surface area contributed by atoms with Gasteiger partial charge in [0.15, 0.2) is 5.65 Å². The van der Waals surface area contributed by atoms with E-state index in [9.17, 15) is 4.79 Å². The van der Waals surface area contributed by atoms with Gasteiger partial charge in [-0.25, -0.2) is 9.97 Å². The lowest BCUT2D eigenvalue weighted by Gasteiger charge is -2.13. The van der Waals surface area contributed by atoms with Crippen LogP contribution in [-0.4, -0.2) is 38.6 Å². The number of aromatic amines is 1. The lowest BCUT2D eigenvalue weighted by atomic mass is 10.2. The van der Waals surface area contributed by atoms with Gasteiger partial charge in [0, 0.05) is 12.1 Å². The number of rotatable bonds is 5. The van der Waals surface area contributed by atoms with E-state index in [0.717, 1.165) is 18.5 Å². The summed E-state index contributed by atoms with van der Waals surface area (Å²) in [5.74, 6) is 0.276. The molecule has 0 aromatic carbocycles. The van der Waals surface area contributed by atoms with Gasteiger partial charge in [0.2, 0.25) is 0 Å². The zero-order chi connectivity index (χ0) is 14.1. The maximum atomic E-state index is 12.2. The average molecular weight is 274 g/mol. The van der Waals surface area contributed by atoms with E-state index >= 15 is 0 Å². The van der Waals surface area contributed by atoms with Crippen LogP contribution in [0, 0.1) is 0 Å². The van der Waals surface area contributed by atoms with Gasteiger partial charge >= 0.3 is 0 Å². The number of nitrogens with one attached hydrogen (secondary N) is 2. The Kier molecular flexibility index (Phi) is 3.40. The molecule has 20 heavy (non-hydrogen) atoms. The van der Waals surface area contributed by atoms with Gasteiger partial charge in [0.05, 0.1) is 30.1 Å². The summed E-state index contributed by atoms with van der Waals surface area (Å²) in [4.78, 5) is 24.1. The molecule has 0 aliphatic heterocycles. The lowest BCUT2D eigenvalue weighted by Crippen LogP contribution is -2.36. The normalized spacial score (nSPS) is 16.3. The number of amides is 1. The highest BCUT2D eigenvalue weighted by Gasteiger charge is 2.26. The quantitative estimate of drug-likeness (QED) is 0.767. The van der Waals surface area contributed by atoms with Gasteiger partial charge < -0.3 is 15.4 Å². The second kappa shape index (κ2) is 5.20. The summed E-state index contributed by atoms with van der Waals surface area (Å²) in [5.41, 5.74) is 2.68. The van der Waals surface area contributed by atoms with Crippen LogP contribution in [0.25, 0.3) is 11.2 Å². The Hall–Kier alpha value is -1.95. The zero-order valence-electron chi connectivity index (χ0n) is 11.4. The Morgan fingerprint density at radius 2 is 2.40 bits per heavy atom. The summed E-state index contributed by atoms with van der Waals surface area (Å²) in [6.45, 7) is 1.85. The maximum absolute atomic E-state index is 12.2. The van der Waals surface area contributed by atoms with Crippen molar-refractivity contribution in [2.45, 2.75) is 38.1 Å². The molecule has 2 aromatic heterocycles. The topological polar surface area (TPSA) is 90.9 Å². The van der Waals surface area contributed by atoms with E-state index in [4.69, 9.17) is 5.11 Å². The van der Waals surface area contributed by atoms with Crippen LogP contribution < -0.4 is 5.32 Å². The highest BCUT2D eigenvalue weighted by atomic mass is 16.3. The number of hydrogen-bond donors (Lipinski definition) is 3. The van der Waals surface area contributed by atoms with Gasteiger partial charge in [-0.15, -0.1) is 0 Å². The molecule has 1 fully saturated rings. The third-order valence-corrected chi connectivity index (χ3v) is 3.69. The van der Waals surface area contributed by atoms with Crippen molar-refractivity contribution in [2.75, 3.05) is 6.61 Å². The number of fused-ring (bicyclic) bond motifs is 1. The smallest absolute Gasteiger partial charge is 0.255 e. The van der Waals surface area contributed by atoms with Crippen molar-refractivity contribution in [3.8, 4) is 0 Å². The first-order chi connectivity index (χ1) is 9.72.